The topological polar surface area (TPSA) is 38.9 Å². The lowest BCUT2D eigenvalue weighted by Crippen LogP contribution is -2.02. The van der Waals surface area contributed by atoms with Crippen molar-refractivity contribution in [2.24, 2.45) is 5.73 Å². The summed E-state index contributed by atoms with van der Waals surface area (Å²) in [4.78, 5) is 3.87. The molecule has 1 rings (SSSR count). The second-order valence-electron chi connectivity index (χ2n) is 2.20. The number of hydrogen-bond acceptors (Lipinski definition) is 2. The highest BCUT2D eigenvalue weighted by Gasteiger charge is 2.11. The maximum absolute atomic E-state index is 12.3. The van der Waals surface area contributed by atoms with Gasteiger partial charge in [0.25, 0.3) is 6.43 Å². The highest BCUT2D eigenvalue weighted by Crippen LogP contribution is 2.23. The molecule has 0 atom stereocenters. The minimum absolute atomic E-state index is 0.00560. The van der Waals surface area contributed by atoms with Gasteiger partial charge in [-0.3, -0.25) is 4.98 Å². The fourth-order valence-electron chi connectivity index (χ4n) is 0.779. The van der Waals surface area contributed by atoms with Crippen molar-refractivity contribution in [1.29, 1.82) is 0 Å². The summed E-state index contributed by atoms with van der Waals surface area (Å²) in [6, 6.07) is 1.34. The molecule has 12 heavy (non-hydrogen) atoms. The van der Waals surface area contributed by atoms with Crippen LogP contribution in [-0.2, 0) is 6.54 Å². The van der Waals surface area contributed by atoms with E-state index in [1.54, 1.807) is 0 Å². The van der Waals surface area contributed by atoms with E-state index in [-0.39, 0.29) is 12.1 Å². The third kappa shape index (κ3) is 2.10. The molecule has 0 aromatic carbocycles. The molecule has 1 heterocycles. The van der Waals surface area contributed by atoms with Gasteiger partial charge in [-0.25, -0.2) is 8.78 Å². The summed E-state index contributed by atoms with van der Waals surface area (Å²) >= 11 is 1.83. The zero-order valence-corrected chi connectivity index (χ0v) is 8.26. The lowest BCUT2D eigenvalue weighted by Gasteiger charge is -2.03. The zero-order chi connectivity index (χ0) is 9.14. The zero-order valence-electron chi connectivity index (χ0n) is 6.10. The predicted octanol–water partition coefficient (Wildman–Crippen LogP) is 2.08. The summed E-state index contributed by atoms with van der Waals surface area (Å²) in [6.45, 7) is 0.191. The van der Waals surface area contributed by atoms with E-state index in [9.17, 15) is 8.78 Å². The largest absolute Gasteiger partial charge is 0.325 e. The van der Waals surface area contributed by atoms with Gasteiger partial charge in [-0.1, -0.05) is 0 Å². The Hall–Kier alpha value is -0.300. The number of alkyl halides is 2. The normalized spacial score (nSPS) is 10.8. The van der Waals surface area contributed by atoms with Crippen LogP contribution in [0.3, 0.4) is 0 Å². The van der Waals surface area contributed by atoms with Crippen LogP contribution in [-0.4, -0.2) is 4.98 Å². The third-order valence-electron chi connectivity index (χ3n) is 1.39. The first kappa shape index (κ1) is 9.79. The van der Waals surface area contributed by atoms with Crippen LogP contribution in [0, 0.1) is 3.57 Å². The Balaban J connectivity index is 3.08. The molecule has 0 aliphatic heterocycles. The molecule has 0 radical (unpaired) electrons. The number of pyridine rings is 1. The van der Waals surface area contributed by atoms with Gasteiger partial charge in [-0.05, 0) is 28.7 Å². The Morgan fingerprint density at radius 1 is 1.58 bits per heavy atom. The number of rotatable bonds is 2. The Bertz CT molecular complexity index is 278. The van der Waals surface area contributed by atoms with Crippen molar-refractivity contribution in [2.75, 3.05) is 0 Å². The molecular formula is C7H7F2IN2. The molecule has 2 N–H and O–H groups in total. The van der Waals surface area contributed by atoms with Crippen LogP contribution in [0.5, 0.6) is 0 Å². The SMILES string of the molecule is NCc1cc(C(F)F)c(I)cn1. The number of aromatic nitrogens is 1. The summed E-state index contributed by atoms with van der Waals surface area (Å²) in [5, 5.41) is 0. The molecule has 0 aliphatic carbocycles. The maximum atomic E-state index is 12.3. The molecule has 66 valence electrons. The summed E-state index contributed by atoms with van der Waals surface area (Å²) in [7, 11) is 0. The molecule has 0 saturated carbocycles. The van der Waals surface area contributed by atoms with E-state index in [4.69, 9.17) is 5.73 Å². The molecule has 0 unspecified atom stereocenters. The van der Waals surface area contributed by atoms with Crippen LogP contribution in [0.25, 0.3) is 0 Å². The van der Waals surface area contributed by atoms with E-state index in [0.29, 0.717) is 9.26 Å². The quantitative estimate of drug-likeness (QED) is 0.844. The van der Waals surface area contributed by atoms with Crippen LogP contribution >= 0.6 is 22.6 Å². The Morgan fingerprint density at radius 3 is 2.75 bits per heavy atom. The van der Waals surface area contributed by atoms with Crippen LogP contribution in [0.15, 0.2) is 12.3 Å². The van der Waals surface area contributed by atoms with Crippen molar-refractivity contribution < 1.29 is 8.78 Å². The summed E-state index contributed by atoms with van der Waals surface area (Å²) in [5.41, 5.74) is 5.76. The predicted molar refractivity (Wildman–Crippen MR) is 49.8 cm³/mol. The van der Waals surface area contributed by atoms with Crippen molar-refractivity contribution in [3.8, 4) is 0 Å². The van der Waals surface area contributed by atoms with Gasteiger partial charge in [0, 0.05) is 21.9 Å². The van der Waals surface area contributed by atoms with E-state index in [0.717, 1.165) is 0 Å². The van der Waals surface area contributed by atoms with Crippen molar-refractivity contribution >= 4 is 22.6 Å². The molecule has 0 spiro atoms. The van der Waals surface area contributed by atoms with Crippen LogP contribution in [0.1, 0.15) is 17.7 Å². The summed E-state index contributed by atoms with van der Waals surface area (Å²) in [6.07, 6.45) is -1.05. The summed E-state index contributed by atoms with van der Waals surface area (Å²) < 4.78 is 25.0. The molecule has 1 aromatic rings. The minimum atomic E-state index is -2.45. The number of halogens is 3. The Morgan fingerprint density at radius 2 is 2.25 bits per heavy atom. The van der Waals surface area contributed by atoms with Crippen LogP contribution in [0.2, 0.25) is 0 Å². The molecule has 1 aromatic heterocycles. The fourth-order valence-corrected chi connectivity index (χ4v) is 1.31. The first-order valence-electron chi connectivity index (χ1n) is 3.27. The van der Waals surface area contributed by atoms with Gasteiger partial charge in [0.15, 0.2) is 0 Å². The van der Waals surface area contributed by atoms with Crippen LogP contribution < -0.4 is 5.73 Å². The smallest absolute Gasteiger partial charge is 0.264 e. The van der Waals surface area contributed by atoms with Gasteiger partial charge < -0.3 is 5.73 Å². The van der Waals surface area contributed by atoms with Gasteiger partial charge in [0.05, 0.1) is 5.69 Å². The Kier molecular flexibility index (Phi) is 3.33. The lowest BCUT2D eigenvalue weighted by atomic mass is 10.2. The molecular weight excluding hydrogens is 277 g/mol. The molecule has 2 nitrogen and oxygen atoms in total. The Labute approximate surface area is 82.3 Å². The first-order valence-corrected chi connectivity index (χ1v) is 4.35. The van der Waals surface area contributed by atoms with Gasteiger partial charge in [-0.15, -0.1) is 0 Å². The molecule has 0 fully saturated rings. The third-order valence-corrected chi connectivity index (χ3v) is 2.29. The lowest BCUT2D eigenvalue weighted by molar-refractivity contribution is 0.150. The fraction of sp³-hybridized carbons (Fsp3) is 0.286. The molecule has 0 amide bonds. The second-order valence-corrected chi connectivity index (χ2v) is 3.36. The standard InChI is InChI=1S/C7H7F2IN2/c8-7(9)5-1-4(2-11)12-3-6(5)10/h1,3,7H,2,11H2. The number of nitrogens with two attached hydrogens (primary N) is 1. The number of nitrogens with zero attached hydrogens (tertiary/aromatic N) is 1. The van der Waals surface area contributed by atoms with E-state index in [2.05, 4.69) is 4.98 Å². The van der Waals surface area contributed by atoms with Gasteiger partial charge >= 0.3 is 0 Å². The van der Waals surface area contributed by atoms with E-state index in [1.807, 2.05) is 22.6 Å². The molecule has 5 heteroatoms. The molecule has 0 aliphatic rings. The van der Waals surface area contributed by atoms with Gasteiger partial charge in [-0.2, -0.15) is 0 Å². The highest BCUT2D eigenvalue weighted by atomic mass is 127. The van der Waals surface area contributed by atoms with Gasteiger partial charge in [0.1, 0.15) is 0 Å². The van der Waals surface area contributed by atoms with E-state index in [1.165, 1.54) is 12.3 Å². The maximum Gasteiger partial charge on any atom is 0.264 e. The second kappa shape index (κ2) is 4.08. The summed E-state index contributed by atoms with van der Waals surface area (Å²) in [5.74, 6) is 0. The minimum Gasteiger partial charge on any atom is -0.325 e. The average molecular weight is 284 g/mol. The number of hydrogen-bond donors (Lipinski definition) is 1. The monoisotopic (exact) mass is 284 g/mol. The van der Waals surface area contributed by atoms with Crippen molar-refractivity contribution in [3.63, 3.8) is 0 Å². The van der Waals surface area contributed by atoms with E-state index >= 15 is 0 Å². The highest BCUT2D eigenvalue weighted by molar-refractivity contribution is 14.1. The van der Waals surface area contributed by atoms with E-state index < -0.39 is 6.43 Å². The average Bonchev–Trinajstić information content (AvgIpc) is 2.05. The molecule has 0 bridgehead atoms. The van der Waals surface area contributed by atoms with Crippen molar-refractivity contribution in [2.45, 2.75) is 13.0 Å². The van der Waals surface area contributed by atoms with Gasteiger partial charge in [0.2, 0.25) is 0 Å². The van der Waals surface area contributed by atoms with Crippen LogP contribution in [0.4, 0.5) is 8.78 Å². The first-order chi connectivity index (χ1) is 5.65. The molecule has 0 saturated heterocycles. The van der Waals surface area contributed by atoms with Crippen molar-refractivity contribution in [3.05, 3.63) is 27.1 Å². The van der Waals surface area contributed by atoms with Crippen molar-refractivity contribution in [1.82, 2.24) is 4.98 Å².